The molecule has 5 heteroatoms. The number of amides is 1. The van der Waals surface area contributed by atoms with E-state index >= 15 is 0 Å². The van der Waals surface area contributed by atoms with Crippen LogP contribution in [-0.2, 0) is 0 Å². The molecule has 0 spiro atoms. The van der Waals surface area contributed by atoms with E-state index in [1.54, 1.807) is 0 Å². The highest BCUT2D eigenvalue weighted by atomic mass is 16.2. The van der Waals surface area contributed by atoms with Gasteiger partial charge < -0.3 is 9.80 Å². The van der Waals surface area contributed by atoms with Gasteiger partial charge in [-0.25, -0.2) is 0 Å². The fraction of sp³-hybridized carbons (Fsp3) is 0.667. The molecular weight excluding hydrogens is 216 g/mol. The molecule has 1 unspecified atom stereocenters. The van der Waals surface area contributed by atoms with Crippen molar-refractivity contribution >= 4 is 5.91 Å². The molecule has 1 atom stereocenters. The SMILES string of the molecule is Cc1n[nH]c(C)c1C(=O)N1CCN(C)C(C)C1. The van der Waals surface area contributed by atoms with Gasteiger partial charge in [0.05, 0.1) is 11.3 Å². The van der Waals surface area contributed by atoms with E-state index in [0.717, 1.165) is 36.6 Å². The van der Waals surface area contributed by atoms with Crippen LogP contribution in [0, 0.1) is 13.8 Å². The Labute approximate surface area is 102 Å². The van der Waals surface area contributed by atoms with Gasteiger partial charge in [-0.2, -0.15) is 5.10 Å². The van der Waals surface area contributed by atoms with Gasteiger partial charge in [-0.3, -0.25) is 9.89 Å². The minimum atomic E-state index is 0.105. The molecule has 17 heavy (non-hydrogen) atoms. The Morgan fingerprint density at radius 2 is 2.12 bits per heavy atom. The fourth-order valence-corrected chi connectivity index (χ4v) is 2.26. The number of rotatable bonds is 1. The fourth-order valence-electron chi connectivity index (χ4n) is 2.26. The van der Waals surface area contributed by atoms with Crippen LogP contribution in [0.4, 0.5) is 0 Å². The summed E-state index contributed by atoms with van der Waals surface area (Å²) in [7, 11) is 2.10. The van der Waals surface area contributed by atoms with Gasteiger partial charge in [-0.1, -0.05) is 0 Å². The standard InChI is InChI=1S/C12H20N4O/c1-8-7-16(6-5-15(8)4)12(17)11-9(2)13-14-10(11)3/h8H,5-7H2,1-4H3,(H,13,14). The zero-order chi connectivity index (χ0) is 12.6. The molecule has 0 bridgehead atoms. The van der Waals surface area contributed by atoms with Gasteiger partial charge in [-0.15, -0.1) is 0 Å². The molecular formula is C12H20N4O. The predicted molar refractivity (Wildman–Crippen MR) is 66.1 cm³/mol. The Balaban J connectivity index is 2.16. The Hall–Kier alpha value is -1.36. The molecule has 0 aliphatic carbocycles. The zero-order valence-electron chi connectivity index (χ0n) is 10.9. The lowest BCUT2D eigenvalue weighted by molar-refractivity contribution is 0.0571. The quantitative estimate of drug-likeness (QED) is 0.785. The van der Waals surface area contributed by atoms with Crippen LogP contribution in [0.15, 0.2) is 0 Å². The molecule has 1 N–H and O–H groups in total. The van der Waals surface area contributed by atoms with Gasteiger partial charge in [-0.05, 0) is 27.8 Å². The summed E-state index contributed by atoms with van der Waals surface area (Å²) in [5, 5.41) is 6.95. The molecule has 1 aromatic rings. The number of aromatic nitrogens is 2. The van der Waals surface area contributed by atoms with E-state index in [4.69, 9.17) is 0 Å². The van der Waals surface area contributed by atoms with Gasteiger partial charge >= 0.3 is 0 Å². The molecule has 1 amide bonds. The highest BCUT2D eigenvalue weighted by Crippen LogP contribution is 2.15. The molecule has 1 aliphatic heterocycles. The van der Waals surface area contributed by atoms with Crippen LogP contribution < -0.4 is 0 Å². The van der Waals surface area contributed by atoms with Gasteiger partial charge in [0.1, 0.15) is 0 Å². The third-order valence-corrected chi connectivity index (χ3v) is 3.59. The molecule has 1 aliphatic rings. The van der Waals surface area contributed by atoms with Crippen LogP contribution in [0.3, 0.4) is 0 Å². The number of H-pyrrole nitrogens is 1. The average Bonchev–Trinajstić information content (AvgIpc) is 2.62. The third kappa shape index (κ3) is 2.20. The molecule has 1 fully saturated rings. The molecule has 1 saturated heterocycles. The second-order valence-corrected chi connectivity index (χ2v) is 4.89. The van der Waals surface area contributed by atoms with Crippen molar-refractivity contribution in [1.29, 1.82) is 0 Å². The maximum atomic E-state index is 12.4. The first-order chi connectivity index (χ1) is 8.00. The number of hydrogen-bond donors (Lipinski definition) is 1. The van der Waals surface area contributed by atoms with Crippen LogP contribution in [0.25, 0.3) is 0 Å². The van der Waals surface area contributed by atoms with Crippen molar-refractivity contribution in [3.63, 3.8) is 0 Å². The number of nitrogens with zero attached hydrogens (tertiary/aromatic N) is 3. The first-order valence-electron chi connectivity index (χ1n) is 6.01. The van der Waals surface area contributed by atoms with Crippen LogP contribution >= 0.6 is 0 Å². The largest absolute Gasteiger partial charge is 0.336 e. The lowest BCUT2D eigenvalue weighted by Gasteiger charge is -2.37. The summed E-state index contributed by atoms with van der Waals surface area (Å²) < 4.78 is 0. The van der Waals surface area contributed by atoms with E-state index in [0.29, 0.717) is 6.04 Å². The summed E-state index contributed by atoms with van der Waals surface area (Å²) in [5.41, 5.74) is 2.39. The molecule has 0 radical (unpaired) electrons. The van der Waals surface area contributed by atoms with E-state index in [-0.39, 0.29) is 5.91 Å². The molecule has 0 aromatic carbocycles. The molecule has 1 aromatic heterocycles. The summed E-state index contributed by atoms with van der Waals surface area (Å²) >= 11 is 0. The number of carbonyl (C=O) groups is 1. The van der Waals surface area contributed by atoms with Crippen LogP contribution in [0.5, 0.6) is 0 Å². The lowest BCUT2D eigenvalue weighted by atomic mass is 10.1. The van der Waals surface area contributed by atoms with E-state index < -0.39 is 0 Å². The summed E-state index contributed by atoms with van der Waals surface area (Å²) in [5.74, 6) is 0.105. The number of aryl methyl sites for hydroxylation is 2. The van der Waals surface area contributed by atoms with Crippen molar-refractivity contribution < 1.29 is 4.79 Å². The third-order valence-electron chi connectivity index (χ3n) is 3.59. The number of hydrogen-bond acceptors (Lipinski definition) is 3. The summed E-state index contributed by atoms with van der Waals surface area (Å²) in [6.07, 6.45) is 0. The molecule has 5 nitrogen and oxygen atoms in total. The molecule has 2 heterocycles. The van der Waals surface area contributed by atoms with Gasteiger partial charge in [0.2, 0.25) is 0 Å². The Bertz CT molecular complexity index is 407. The smallest absolute Gasteiger partial charge is 0.257 e. The summed E-state index contributed by atoms with van der Waals surface area (Å²) in [4.78, 5) is 16.6. The van der Waals surface area contributed by atoms with E-state index in [9.17, 15) is 4.79 Å². The molecule has 94 valence electrons. The van der Waals surface area contributed by atoms with Crippen molar-refractivity contribution in [2.24, 2.45) is 0 Å². The van der Waals surface area contributed by atoms with Gasteiger partial charge in [0.15, 0.2) is 0 Å². The van der Waals surface area contributed by atoms with E-state index in [1.807, 2.05) is 18.7 Å². The van der Waals surface area contributed by atoms with Crippen molar-refractivity contribution in [3.05, 3.63) is 17.0 Å². The van der Waals surface area contributed by atoms with Crippen molar-refractivity contribution in [1.82, 2.24) is 20.0 Å². The Morgan fingerprint density at radius 3 is 2.65 bits per heavy atom. The van der Waals surface area contributed by atoms with Crippen LogP contribution in [0.2, 0.25) is 0 Å². The monoisotopic (exact) mass is 236 g/mol. The molecule has 2 rings (SSSR count). The Kier molecular flexibility index (Phi) is 3.19. The topological polar surface area (TPSA) is 52.2 Å². The van der Waals surface area contributed by atoms with Crippen LogP contribution in [0.1, 0.15) is 28.7 Å². The number of piperazine rings is 1. The minimum absolute atomic E-state index is 0.105. The summed E-state index contributed by atoms with van der Waals surface area (Å²) in [6, 6.07) is 0.417. The van der Waals surface area contributed by atoms with Crippen molar-refractivity contribution in [3.8, 4) is 0 Å². The van der Waals surface area contributed by atoms with E-state index in [1.165, 1.54) is 0 Å². The maximum absolute atomic E-state index is 12.4. The van der Waals surface area contributed by atoms with Gasteiger partial charge in [0.25, 0.3) is 5.91 Å². The number of aromatic amines is 1. The Morgan fingerprint density at radius 1 is 1.41 bits per heavy atom. The normalized spacial score (nSPS) is 21.9. The highest BCUT2D eigenvalue weighted by Gasteiger charge is 2.27. The van der Waals surface area contributed by atoms with Crippen molar-refractivity contribution in [2.45, 2.75) is 26.8 Å². The second kappa shape index (κ2) is 4.49. The zero-order valence-corrected chi connectivity index (χ0v) is 10.9. The first-order valence-corrected chi connectivity index (χ1v) is 6.01. The van der Waals surface area contributed by atoms with Gasteiger partial charge in [0, 0.05) is 31.4 Å². The number of likely N-dealkylation sites (N-methyl/N-ethyl adjacent to an activating group) is 1. The number of carbonyl (C=O) groups excluding carboxylic acids is 1. The average molecular weight is 236 g/mol. The van der Waals surface area contributed by atoms with Crippen LogP contribution in [-0.4, -0.2) is 58.6 Å². The second-order valence-electron chi connectivity index (χ2n) is 4.89. The first kappa shape index (κ1) is 12.1. The van der Waals surface area contributed by atoms with Crippen molar-refractivity contribution in [2.75, 3.05) is 26.7 Å². The molecule has 0 saturated carbocycles. The maximum Gasteiger partial charge on any atom is 0.257 e. The lowest BCUT2D eigenvalue weighted by Crippen LogP contribution is -2.52. The van der Waals surface area contributed by atoms with E-state index in [2.05, 4.69) is 29.1 Å². The minimum Gasteiger partial charge on any atom is -0.336 e. The highest BCUT2D eigenvalue weighted by molar-refractivity contribution is 5.96. The number of nitrogens with one attached hydrogen (secondary N) is 1. The summed E-state index contributed by atoms with van der Waals surface area (Å²) in [6.45, 7) is 8.43. The predicted octanol–water partition coefficient (Wildman–Crippen LogP) is 0.803.